The maximum atomic E-state index is 13.9. The molecule has 0 saturated carbocycles. The third kappa shape index (κ3) is 7.35. The monoisotopic (exact) mass is 541 g/mol. The van der Waals surface area contributed by atoms with Gasteiger partial charge in [-0.15, -0.1) is 24.0 Å². The molecule has 2 N–H and O–H groups in total. The van der Waals surface area contributed by atoms with E-state index in [9.17, 15) is 4.39 Å². The molecule has 5 nitrogen and oxygen atoms in total. The summed E-state index contributed by atoms with van der Waals surface area (Å²) in [5, 5.41) is 6.72. The van der Waals surface area contributed by atoms with Crippen molar-refractivity contribution >= 4 is 29.9 Å². The number of aryl methyl sites for hydroxylation is 1. The Balaban J connectivity index is 0.00000341. The van der Waals surface area contributed by atoms with Gasteiger partial charge in [-0.05, 0) is 49.9 Å². The van der Waals surface area contributed by atoms with Gasteiger partial charge in [0.15, 0.2) is 17.5 Å². The molecule has 1 aliphatic rings. The lowest BCUT2D eigenvalue weighted by atomic mass is 9.89. The Hall–Kier alpha value is -1.87. The minimum absolute atomic E-state index is 0. The first-order valence-corrected chi connectivity index (χ1v) is 10.6. The van der Waals surface area contributed by atoms with E-state index in [4.69, 9.17) is 9.47 Å². The van der Waals surface area contributed by atoms with Crippen molar-refractivity contribution in [1.29, 1.82) is 0 Å². The van der Waals surface area contributed by atoms with Crippen molar-refractivity contribution in [1.82, 2.24) is 10.6 Å². The Morgan fingerprint density at radius 3 is 2.65 bits per heavy atom. The summed E-state index contributed by atoms with van der Waals surface area (Å²) in [5.74, 6) is 0.960. The van der Waals surface area contributed by atoms with Crippen molar-refractivity contribution in [2.45, 2.75) is 39.3 Å². The van der Waals surface area contributed by atoms with Gasteiger partial charge in [-0.2, -0.15) is 0 Å². The average molecular weight is 541 g/mol. The number of hydrogen-bond donors (Lipinski definition) is 2. The highest BCUT2D eigenvalue weighted by Crippen LogP contribution is 2.33. The molecule has 1 fully saturated rings. The van der Waals surface area contributed by atoms with Crippen molar-refractivity contribution in [3.8, 4) is 5.75 Å². The Morgan fingerprint density at radius 1 is 1.19 bits per heavy atom. The van der Waals surface area contributed by atoms with Gasteiger partial charge in [-0.25, -0.2) is 9.38 Å². The first-order chi connectivity index (χ1) is 14.6. The van der Waals surface area contributed by atoms with Gasteiger partial charge < -0.3 is 20.1 Å². The number of aliphatic imine (C=N–C) groups is 1. The van der Waals surface area contributed by atoms with Crippen LogP contribution >= 0.6 is 24.0 Å². The SMILES string of the molecule is CCNC(=NCc1ccc(OC)c(F)c1)NCC1CCCOC1c1ccc(C)cc1.I. The lowest BCUT2D eigenvalue weighted by Crippen LogP contribution is -2.42. The molecule has 7 heteroatoms. The number of benzene rings is 2. The van der Waals surface area contributed by atoms with Crippen LogP contribution in [0.4, 0.5) is 4.39 Å². The molecule has 3 rings (SSSR count). The maximum absolute atomic E-state index is 13.9. The van der Waals surface area contributed by atoms with Gasteiger partial charge in [0.25, 0.3) is 0 Å². The molecule has 2 unspecified atom stereocenters. The molecule has 170 valence electrons. The fourth-order valence-corrected chi connectivity index (χ4v) is 3.73. The predicted molar refractivity (Wildman–Crippen MR) is 134 cm³/mol. The summed E-state index contributed by atoms with van der Waals surface area (Å²) in [7, 11) is 1.46. The zero-order valence-electron chi connectivity index (χ0n) is 18.5. The number of nitrogens with one attached hydrogen (secondary N) is 2. The summed E-state index contributed by atoms with van der Waals surface area (Å²) < 4.78 is 25.0. The van der Waals surface area contributed by atoms with Crippen LogP contribution in [-0.2, 0) is 11.3 Å². The zero-order chi connectivity index (χ0) is 21.3. The number of methoxy groups -OCH3 is 1. The van der Waals surface area contributed by atoms with Crippen molar-refractivity contribution < 1.29 is 13.9 Å². The first-order valence-electron chi connectivity index (χ1n) is 10.6. The van der Waals surface area contributed by atoms with Crippen LogP contribution in [0.2, 0.25) is 0 Å². The number of hydrogen-bond acceptors (Lipinski definition) is 3. The van der Waals surface area contributed by atoms with E-state index < -0.39 is 0 Å². The molecule has 2 atom stereocenters. The molecule has 31 heavy (non-hydrogen) atoms. The van der Waals surface area contributed by atoms with Crippen LogP contribution in [0.5, 0.6) is 5.75 Å². The third-order valence-corrected chi connectivity index (χ3v) is 5.36. The molecule has 0 aromatic heterocycles. The molecule has 0 bridgehead atoms. The van der Waals surface area contributed by atoms with Crippen LogP contribution in [0.25, 0.3) is 0 Å². The van der Waals surface area contributed by atoms with Gasteiger partial charge in [-0.1, -0.05) is 35.9 Å². The smallest absolute Gasteiger partial charge is 0.191 e. The number of halogens is 2. The second kappa shape index (κ2) is 12.9. The molecule has 1 heterocycles. The van der Waals surface area contributed by atoms with E-state index in [-0.39, 0.29) is 41.6 Å². The Morgan fingerprint density at radius 2 is 1.97 bits per heavy atom. The second-order valence-corrected chi connectivity index (χ2v) is 7.65. The van der Waals surface area contributed by atoms with E-state index in [0.717, 1.165) is 44.1 Å². The number of guanidine groups is 1. The van der Waals surface area contributed by atoms with Crippen LogP contribution in [0.3, 0.4) is 0 Å². The molecular formula is C24H33FIN3O2. The van der Waals surface area contributed by atoms with E-state index >= 15 is 0 Å². The molecule has 1 aliphatic heterocycles. The zero-order valence-corrected chi connectivity index (χ0v) is 20.8. The molecule has 2 aromatic carbocycles. The fourth-order valence-electron chi connectivity index (χ4n) is 3.73. The van der Waals surface area contributed by atoms with E-state index in [1.54, 1.807) is 6.07 Å². The highest BCUT2D eigenvalue weighted by atomic mass is 127. The Kier molecular flexibility index (Phi) is 10.5. The third-order valence-electron chi connectivity index (χ3n) is 5.36. The highest BCUT2D eigenvalue weighted by molar-refractivity contribution is 14.0. The van der Waals surface area contributed by atoms with E-state index in [1.165, 1.54) is 24.3 Å². The summed E-state index contributed by atoms with van der Waals surface area (Å²) >= 11 is 0. The lowest BCUT2D eigenvalue weighted by Gasteiger charge is -2.32. The molecule has 0 spiro atoms. The summed E-state index contributed by atoms with van der Waals surface area (Å²) in [5.41, 5.74) is 3.27. The maximum Gasteiger partial charge on any atom is 0.191 e. The summed E-state index contributed by atoms with van der Waals surface area (Å²) in [4.78, 5) is 4.62. The Labute approximate surface area is 201 Å². The number of ether oxygens (including phenoxy) is 2. The standard InChI is InChI=1S/C24H32FN3O2.HI/c1-4-26-24(27-15-18-9-12-22(29-3)21(25)14-18)28-16-20-6-5-13-30-23(20)19-10-7-17(2)8-11-19;/h7-12,14,20,23H,4-6,13,15-16H2,1-3H3,(H2,26,27,28);1H. The van der Waals surface area contributed by atoms with Gasteiger partial charge in [0.2, 0.25) is 0 Å². The van der Waals surface area contributed by atoms with Gasteiger partial charge in [0.1, 0.15) is 0 Å². The van der Waals surface area contributed by atoms with Gasteiger partial charge in [0, 0.05) is 25.6 Å². The summed E-state index contributed by atoms with van der Waals surface area (Å²) in [6, 6.07) is 13.5. The molecule has 0 radical (unpaired) electrons. The number of nitrogens with zero attached hydrogens (tertiary/aromatic N) is 1. The molecule has 2 aromatic rings. The van der Waals surface area contributed by atoms with Crippen molar-refractivity contribution in [2.75, 3.05) is 26.8 Å². The van der Waals surface area contributed by atoms with Crippen LogP contribution in [0.15, 0.2) is 47.5 Å². The lowest BCUT2D eigenvalue weighted by molar-refractivity contribution is -0.0265. The van der Waals surface area contributed by atoms with E-state index in [2.05, 4.69) is 46.8 Å². The van der Waals surface area contributed by atoms with Gasteiger partial charge in [0.05, 0.1) is 19.8 Å². The predicted octanol–water partition coefficient (Wildman–Crippen LogP) is 4.98. The first kappa shape index (κ1) is 25.4. The molecule has 1 saturated heterocycles. The molecule has 0 aliphatic carbocycles. The van der Waals surface area contributed by atoms with Crippen LogP contribution in [0, 0.1) is 18.7 Å². The van der Waals surface area contributed by atoms with E-state index in [1.807, 2.05) is 13.0 Å². The second-order valence-electron chi connectivity index (χ2n) is 7.65. The van der Waals surface area contributed by atoms with Gasteiger partial charge >= 0.3 is 0 Å². The van der Waals surface area contributed by atoms with Crippen molar-refractivity contribution in [3.05, 3.63) is 65.0 Å². The Bertz CT molecular complexity index is 845. The largest absolute Gasteiger partial charge is 0.494 e. The van der Waals surface area contributed by atoms with Gasteiger partial charge in [-0.3, -0.25) is 0 Å². The minimum Gasteiger partial charge on any atom is -0.494 e. The highest BCUT2D eigenvalue weighted by Gasteiger charge is 2.27. The van der Waals surface area contributed by atoms with Crippen LogP contribution in [-0.4, -0.2) is 32.8 Å². The fraction of sp³-hybridized carbons (Fsp3) is 0.458. The van der Waals surface area contributed by atoms with Crippen LogP contribution < -0.4 is 15.4 Å². The quantitative estimate of drug-likeness (QED) is 0.295. The molecule has 0 amide bonds. The molecular weight excluding hydrogens is 508 g/mol. The summed E-state index contributed by atoms with van der Waals surface area (Å²) in [6.07, 6.45) is 2.26. The van der Waals surface area contributed by atoms with Crippen molar-refractivity contribution in [2.24, 2.45) is 10.9 Å². The average Bonchev–Trinajstić information content (AvgIpc) is 2.76. The normalized spacial score (nSPS) is 18.8. The van der Waals surface area contributed by atoms with Crippen molar-refractivity contribution in [3.63, 3.8) is 0 Å². The number of rotatable bonds is 7. The summed E-state index contributed by atoms with van der Waals surface area (Å²) in [6.45, 7) is 6.83. The van der Waals surface area contributed by atoms with E-state index in [0.29, 0.717) is 12.5 Å². The minimum atomic E-state index is -0.372. The topological polar surface area (TPSA) is 54.9 Å². The van der Waals surface area contributed by atoms with Crippen LogP contribution in [0.1, 0.15) is 42.6 Å².